The first-order valence-electron chi connectivity index (χ1n) is 12.2. The molecular formula is C24H48O5. The van der Waals surface area contributed by atoms with Crippen molar-refractivity contribution in [2.75, 3.05) is 46.2 Å². The number of carbonyl (C=O) groups excluding carboxylic acids is 1. The fraction of sp³-hybridized carbons (Fsp3) is 0.958. The fourth-order valence-electron chi connectivity index (χ4n) is 2.99. The average Bonchev–Trinajstić information content (AvgIpc) is 2.73. The molecule has 0 aliphatic rings. The molecule has 0 rings (SSSR count). The summed E-state index contributed by atoms with van der Waals surface area (Å²) in [6.07, 6.45) is 16.1. The number of hydrogen-bond acceptors (Lipinski definition) is 5. The summed E-state index contributed by atoms with van der Waals surface area (Å²) in [4.78, 5) is 11.6. The molecule has 0 fully saturated rings. The lowest BCUT2D eigenvalue weighted by Crippen LogP contribution is -2.11. The molecule has 5 nitrogen and oxygen atoms in total. The van der Waals surface area contributed by atoms with Gasteiger partial charge >= 0.3 is 5.97 Å². The Hall–Kier alpha value is -0.650. The van der Waals surface area contributed by atoms with E-state index in [4.69, 9.17) is 18.9 Å². The summed E-state index contributed by atoms with van der Waals surface area (Å²) >= 11 is 0. The van der Waals surface area contributed by atoms with Crippen molar-refractivity contribution in [1.82, 2.24) is 0 Å². The van der Waals surface area contributed by atoms with Crippen LogP contribution in [0.5, 0.6) is 0 Å². The van der Waals surface area contributed by atoms with E-state index in [-0.39, 0.29) is 5.97 Å². The third-order valence-electron chi connectivity index (χ3n) is 4.82. The number of ether oxygens (including phenoxy) is 4. The van der Waals surface area contributed by atoms with E-state index in [2.05, 4.69) is 13.8 Å². The first kappa shape index (κ1) is 28.4. The van der Waals surface area contributed by atoms with Crippen LogP contribution in [0, 0.1) is 0 Å². The second-order valence-electron chi connectivity index (χ2n) is 7.70. The van der Waals surface area contributed by atoms with Crippen LogP contribution in [0.1, 0.15) is 104 Å². The summed E-state index contributed by atoms with van der Waals surface area (Å²) in [5.41, 5.74) is 0. The van der Waals surface area contributed by atoms with E-state index in [0.717, 1.165) is 25.9 Å². The molecule has 0 saturated heterocycles. The summed E-state index contributed by atoms with van der Waals surface area (Å²) in [5.74, 6) is -0.113. The van der Waals surface area contributed by atoms with Crippen molar-refractivity contribution in [1.29, 1.82) is 0 Å². The van der Waals surface area contributed by atoms with E-state index in [1.54, 1.807) is 0 Å². The van der Waals surface area contributed by atoms with Gasteiger partial charge in [-0.15, -0.1) is 0 Å². The van der Waals surface area contributed by atoms with Crippen LogP contribution < -0.4 is 0 Å². The van der Waals surface area contributed by atoms with E-state index in [1.165, 1.54) is 57.8 Å². The maximum absolute atomic E-state index is 11.6. The molecule has 0 heterocycles. The number of esters is 1. The Morgan fingerprint density at radius 1 is 0.483 bits per heavy atom. The van der Waals surface area contributed by atoms with E-state index in [1.807, 2.05) is 0 Å². The van der Waals surface area contributed by atoms with Crippen LogP contribution in [0.15, 0.2) is 0 Å². The van der Waals surface area contributed by atoms with Crippen LogP contribution in [0.2, 0.25) is 0 Å². The van der Waals surface area contributed by atoms with Gasteiger partial charge in [-0.3, -0.25) is 4.79 Å². The Morgan fingerprint density at radius 2 is 0.897 bits per heavy atom. The van der Waals surface area contributed by atoms with Gasteiger partial charge in [-0.25, -0.2) is 0 Å². The van der Waals surface area contributed by atoms with Crippen LogP contribution in [0.25, 0.3) is 0 Å². The molecule has 0 atom stereocenters. The maximum atomic E-state index is 11.6. The zero-order valence-corrected chi connectivity index (χ0v) is 19.4. The van der Waals surface area contributed by atoms with Crippen molar-refractivity contribution < 1.29 is 23.7 Å². The van der Waals surface area contributed by atoms with Gasteiger partial charge in [0.05, 0.1) is 33.0 Å². The molecule has 0 amide bonds. The normalized spacial score (nSPS) is 11.1. The maximum Gasteiger partial charge on any atom is 0.305 e. The largest absolute Gasteiger partial charge is 0.466 e. The van der Waals surface area contributed by atoms with E-state index < -0.39 is 0 Å². The van der Waals surface area contributed by atoms with Gasteiger partial charge in [0.1, 0.15) is 0 Å². The molecule has 0 aliphatic carbocycles. The standard InChI is InChI=1S/C24H48O5/c1-3-5-7-9-10-12-13-17-26-20-22-28-23-21-27-18-15-16-24(25)29-19-14-11-8-6-4-2/h3-23H2,1-2H3. The Labute approximate surface area is 180 Å². The predicted molar refractivity (Wildman–Crippen MR) is 119 cm³/mol. The molecule has 0 aliphatic heterocycles. The van der Waals surface area contributed by atoms with Gasteiger partial charge in [-0.05, 0) is 19.3 Å². The van der Waals surface area contributed by atoms with E-state index in [9.17, 15) is 4.79 Å². The Bertz CT molecular complexity index is 322. The summed E-state index contributed by atoms with van der Waals surface area (Å²) < 4.78 is 21.8. The minimum Gasteiger partial charge on any atom is -0.466 e. The van der Waals surface area contributed by atoms with E-state index in [0.29, 0.717) is 52.5 Å². The molecule has 0 radical (unpaired) electrons. The molecule has 174 valence electrons. The van der Waals surface area contributed by atoms with Crippen LogP contribution in [-0.2, 0) is 23.7 Å². The minimum atomic E-state index is -0.113. The number of unbranched alkanes of at least 4 members (excludes halogenated alkanes) is 10. The Kier molecular flexibility index (Phi) is 24.8. The highest BCUT2D eigenvalue weighted by atomic mass is 16.5. The van der Waals surface area contributed by atoms with E-state index >= 15 is 0 Å². The molecule has 29 heavy (non-hydrogen) atoms. The van der Waals surface area contributed by atoms with Crippen molar-refractivity contribution in [2.45, 2.75) is 104 Å². The lowest BCUT2D eigenvalue weighted by atomic mass is 10.1. The third-order valence-corrected chi connectivity index (χ3v) is 4.82. The van der Waals surface area contributed by atoms with Gasteiger partial charge in [0.2, 0.25) is 0 Å². The highest BCUT2D eigenvalue weighted by molar-refractivity contribution is 5.69. The quantitative estimate of drug-likeness (QED) is 0.141. The van der Waals surface area contributed by atoms with Gasteiger partial charge in [0, 0.05) is 19.6 Å². The van der Waals surface area contributed by atoms with Crippen LogP contribution in [-0.4, -0.2) is 52.2 Å². The molecule has 0 bridgehead atoms. The Morgan fingerprint density at radius 3 is 1.45 bits per heavy atom. The zero-order valence-electron chi connectivity index (χ0n) is 19.4. The molecular weight excluding hydrogens is 368 g/mol. The van der Waals surface area contributed by atoms with Gasteiger partial charge in [0.25, 0.3) is 0 Å². The lowest BCUT2D eigenvalue weighted by molar-refractivity contribution is -0.144. The molecule has 0 spiro atoms. The van der Waals surface area contributed by atoms with Crippen molar-refractivity contribution >= 4 is 5.97 Å². The molecule has 0 aromatic heterocycles. The molecule has 0 saturated carbocycles. The first-order valence-corrected chi connectivity index (χ1v) is 12.2. The monoisotopic (exact) mass is 416 g/mol. The lowest BCUT2D eigenvalue weighted by Gasteiger charge is -2.07. The van der Waals surface area contributed by atoms with Gasteiger partial charge in [-0.2, -0.15) is 0 Å². The van der Waals surface area contributed by atoms with Crippen molar-refractivity contribution in [2.24, 2.45) is 0 Å². The van der Waals surface area contributed by atoms with Crippen molar-refractivity contribution in [3.8, 4) is 0 Å². The van der Waals surface area contributed by atoms with Crippen LogP contribution >= 0.6 is 0 Å². The van der Waals surface area contributed by atoms with Gasteiger partial charge < -0.3 is 18.9 Å². The summed E-state index contributed by atoms with van der Waals surface area (Å²) in [7, 11) is 0. The highest BCUT2D eigenvalue weighted by Gasteiger charge is 2.02. The SMILES string of the molecule is CCCCCCCCCOCCOCCOCCCC(=O)OCCCCCCC. The van der Waals surface area contributed by atoms with Crippen molar-refractivity contribution in [3.05, 3.63) is 0 Å². The van der Waals surface area contributed by atoms with Gasteiger partial charge in [-0.1, -0.05) is 78.1 Å². The van der Waals surface area contributed by atoms with Crippen molar-refractivity contribution in [3.63, 3.8) is 0 Å². The first-order chi connectivity index (χ1) is 14.3. The molecule has 0 aromatic carbocycles. The average molecular weight is 417 g/mol. The highest BCUT2D eigenvalue weighted by Crippen LogP contribution is 2.07. The topological polar surface area (TPSA) is 54.0 Å². The molecule has 0 aromatic rings. The number of hydrogen-bond donors (Lipinski definition) is 0. The Balaban J connectivity index is 3.10. The third kappa shape index (κ3) is 25.3. The fourth-order valence-corrected chi connectivity index (χ4v) is 2.99. The second-order valence-corrected chi connectivity index (χ2v) is 7.70. The predicted octanol–water partition coefficient (Wildman–Crippen LogP) is 6.08. The molecule has 0 N–H and O–H groups in total. The minimum absolute atomic E-state index is 0.113. The number of carbonyl (C=O) groups is 1. The van der Waals surface area contributed by atoms with Crippen LogP contribution in [0.3, 0.4) is 0 Å². The van der Waals surface area contributed by atoms with Crippen LogP contribution in [0.4, 0.5) is 0 Å². The summed E-state index contributed by atoms with van der Waals surface area (Å²) in [6.45, 7) is 8.81. The molecule has 0 unspecified atom stereocenters. The summed E-state index contributed by atoms with van der Waals surface area (Å²) in [5, 5.41) is 0. The number of rotatable bonds is 24. The van der Waals surface area contributed by atoms with Gasteiger partial charge in [0.15, 0.2) is 0 Å². The smallest absolute Gasteiger partial charge is 0.305 e. The second kappa shape index (κ2) is 25.4. The zero-order chi connectivity index (χ0) is 21.3. The summed E-state index contributed by atoms with van der Waals surface area (Å²) in [6, 6.07) is 0. The molecule has 5 heteroatoms.